The number of hydroxylamine groups is 1. The van der Waals surface area contributed by atoms with Gasteiger partial charge in [0, 0.05) is 30.0 Å². The first-order chi connectivity index (χ1) is 13.5. The maximum Gasteiger partial charge on any atom is 0.338 e. The van der Waals surface area contributed by atoms with E-state index in [9.17, 15) is 18.0 Å². The number of sulfonamides is 1. The Bertz CT molecular complexity index is 1020. The van der Waals surface area contributed by atoms with Crippen LogP contribution in [0.2, 0.25) is 0 Å². The molecule has 0 unspecified atom stereocenters. The summed E-state index contributed by atoms with van der Waals surface area (Å²) in [6.07, 6.45) is 0. The molecular formula is C20H26N2O6S. The van der Waals surface area contributed by atoms with Crippen molar-refractivity contribution in [3.63, 3.8) is 0 Å². The molecule has 2 rings (SSSR count). The number of hydrogen-bond donors (Lipinski definition) is 0. The van der Waals surface area contributed by atoms with E-state index in [0.29, 0.717) is 10.0 Å². The van der Waals surface area contributed by atoms with Crippen LogP contribution in [0, 0.1) is 13.8 Å². The monoisotopic (exact) mass is 422 g/mol. The van der Waals surface area contributed by atoms with Crippen LogP contribution in [0.15, 0.2) is 35.2 Å². The number of ketones is 1. The Morgan fingerprint density at radius 2 is 1.83 bits per heavy atom. The van der Waals surface area contributed by atoms with Crippen LogP contribution >= 0.6 is 0 Å². The normalized spacial score (nSPS) is 11.9. The summed E-state index contributed by atoms with van der Waals surface area (Å²) in [4.78, 5) is 29.5. The molecule has 0 N–H and O–H groups in total. The van der Waals surface area contributed by atoms with E-state index in [-0.39, 0.29) is 22.3 Å². The summed E-state index contributed by atoms with van der Waals surface area (Å²) in [5.41, 5.74) is 2.29. The van der Waals surface area contributed by atoms with Gasteiger partial charge in [-0.15, -0.1) is 0 Å². The summed E-state index contributed by atoms with van der Waals surface area (Å²) in [7, 11) is -1.44. The van der Waals surface area contributed by atoms with Crippen molar-refractivity contribution in [3.05, 3.63) is 52.8 Å². The Morgan fingerprint density at radius 1 is 1.17 bits per heavy atom. The molecule has 1 heterocycles. The molecule has 2 aromatic rings. The highest BCUT2D eigenvalue weighted by molar-refractivity contribution is 7.89. The molecule has 0 saturated heterocycles. The van der Waals surface area contributed by atoms with Crippen LogP contribution < -0.4 is 0 Å². The smallest absolute Gasteiger partial charge is 0.338 e. The summed E-state index contributed by atoms with van der Waals surface area (Å²) in [6.45, 7) is 7.38. The third-order valence-corrected chi connectivity index (χ3v) is 6.27. The van der Waals surface area contributed by atoms with Gasteiger partial charge in [0.05, 0.1) is 17.6 Å². The van der Waals surface area contributed by atoms with Crippen molar-refractivity contribution >= 4 is 21.8 Å². The molecule has 0 amide bonds. The van der Waals surface area contributed by atoms with Gasteiger partial charge in [0.1, 0.15) is 0 Å². The molecule has 0 aliphatic heterocycles. The van der Waals surface area contributed by atoms with Crippen LogP contribution in [0.25, 0.3) is 0 Å². The zero-order valence-electron chi connectivity index (χ0n) is 17.4. The zero-order valence-corrected chi connectivity index (χ0v) is 18.2. The number of rotatable bonds is 8. The molecule has 0 spiro atoms. The summed E-state index contributed by atoms with van der Waals surface area (Å²) >= 11 is 0. The summed E-state index contributed by atoms with van der Waals surface area (Å²) in [5, 5.41) is 0. The van der Waals surface area contributed by atoms with Crippen LogP contribution in [0.3, 0.4) is 0 Å². The van der Waals surface area contributed by atoms with E-state index in [1.807, 2.05) is 32.3 Å². The zero-order chi connectivity index (χ0) is 21.9. The Balaban J connectivity index is 2.15. The van der Waals surface area contributed by atoms with E-state index in [4.69, 9.17) is 9.57 Å². The van der Waals surface area contributed by atoms with Crippen molar-refractivity contribution in [2.75, 3.05) is 20.8 Å². The van der Waals surface area contributed by atoms with Gasteiger partial charge in [-0.2, -0.15) is 0 Å². The average Bonchev–Trinajstić information content (AvgIpc) is 2.99. The molecular weight excluding hydrogens is 396 g/mol. The predicted molar refractivity (Wildman–Crippen MR) is 107 cm³/mol. The van der Waals surface area contributed by atoms with Crippen LogP contribution in [-0.4, -0.2) is 50.0 Å². The lowest BCUT2D eigenvalue weighted by Gasteiger charge is -2.14. The lowest BCUT2D eigenvalue weighted by atomic mass is 10.1. The van der Waals surface area contributed by atoms with E-state index in [1.54, 1.807) is 6.07 Å². The molecule has 1 aromatic heterocycles. The molecule has 0 atom stereocenters. The van der Waals surface area contributed by atoms with Gasteiger partial charge in [0.25, 0.3) is 10.0 Å². The first kappa shape index (κ1) is 22.8. The quantitative estimate of drug-likeness (QED) is 0.369. The van der Waals surface area contributed by atoms with E-state index in [1.165, 1.54) is 38.4 Å². The Hall–Kier alpha value is -2.49. The van der Waals surface area contributed by atoms with Crippen LogP contribution in [-0.2, 0) is 19.6 Å². The minimum Gasteiger partial charge on any atom is -0.454 e. The van der Waals surface area contributed by atoms with Crippen LogP contribution in [0.4, 0.5) is 0 Å². The molecule has 0 aliphatic carbocycles. The largest absolute Gasteiger partial charge is 0.454 e. The highest BCUT2D eigenvalue weighted by Gasteiger charge is 2.23. The second kappa shape index (κ2) is 8.89. The number of Topliss-reactive ketones (excluding diaryl/α,β-unsaturated/α-hetero) is 1. The first-order valence-corrected chi connectivity index (χ1v) is 10.5. The molecule has 158 valence electrons. The van der Waals surface area contributed by atoms with Crippen molar-refractivity contribution in [2.24, 2.45) is 0 Å². The van der Waals surface area contributed by atoms with E-state index >= 15 is 0 Å². The molecule has 8 nitrogen and oxygen atoms in total. The minimum absolute atomic E-state index is 0.0241. The average molecular weight is 423 g/mol. The third-order valence-electron chi connectivity index (χ3n) is 4.60. The fourth-order valence-corrected chi connectivity index (χ4v) is 4.20. The van der Waals surface area contributed by atoms with Crippen molar-refractivity contribution in [3.8, 4) is 0 Å². The molecule has 0 radical (unpaired) electrons. The fraction of sp³-hybridized carbons (Fsp3) is 0.400. The molecule has 9 heteroatoms. The van der Waals surface area contributed by atoms with Gasteiger partial charge < -0.3 is 9.30 Å². The number of aryl methyl sites for hydroxylation is 1. The second-order valence-electron chi connectivity index (χ2n) is 6.87. The van der Waals surface area contributed by atoms with Gasteiger partial charge in [-0.25, -0.2) is 13.2 Å². The van der Waals surface area contributed by atoms with Crippen LogP contribution in [0.1, 0.15) is 52.0 Å². The maximum absolute atomic E-state index is 12.5. The lowest BCUT2D eigenvalue weighted by molar-refractivity contribution is -0.0258. The van der Waals surface area contributed by atoms with Gasteiger partial charge in [-0.3, -0.25) is 9.63 Å². The Labute approximate surface area is 171 Å². The molecule has 0 aliphatic rings. The number of hydrogen-bond acceptors (Lipinski definition) is 6. The topological polar surface area (TPSA) is 94.9 Å². The Morgan fingerprint density at radius 3 is 2.38 bits per heavy atom. The lowest BCUT2D eigenvalue weighted by Crippen LogP contribution is -2.26. The molecule has 0 bridgehead atoms. The van der Waals surface area contributed by atoms with E-state index in [2.05, 4.69) is 0 Å². The van der Waals surface area contributed by atoms with Crippen LogP contribution in [0.5, 0.6) is 0 Å². The summed E-state index contributed by atoms with van der Waals surface area (Å²) in [5.74, 6) is -1.10. The molecule has 29 heavy (non-hydrogen) atoms. The second-order valence-corrected chi connectivity index (χ2v) is 8.81. The number of carbonyl (C=O) groups excluding carboxylic acids is 2. The Kier molecular flexibility index (Phi) is 6.99. The summed E-state index contributed by atoms with van der Waals surface area (Å²) in [6, 6.07) is 7.35. The minimum atomic E-state index is -3.90. The first-order valence-electron chi connectivity index (χ1n) is 9.02. The van der Waals surface area contributed by atoms with Gasteiger partial charge in [-0.05, 0) is 52.0 Å². The highest BCUT2D eigenvalue weighted by Crippen LogP contribution is 2.21. The number of esters is 1. The highest BCUT2D eigenvalue weighted by atomic mass is 32.2. The van der Waals surface area contributed by atoms with Gasteiger partial charge >= 0.3 is 5.97 Å². The number of benzene rings is 1. The van der Waals surface area contributed by atoms with E-state index < -0.39 is 22.6 Å². The van der Waals surface area contributed by atoms with Gasteiger partial charge in [0.2, 0.25) is 5.78 Å². The van der Waals surface area contributed by atoms with Gasteiger partial charge in [0.15, 0.2) is 6.61 Å². The number of ether oxygens (including phenoxy) is 1. The summed E-state index contributed by atoms with van der Waals surface area (Å²) < 4.78 is 32.5. The SMILES string of the molecule is CON(C)S(=O)(=O)c1cccc(C(=O)OCC(=O)c2cc(C)n(C(C)C)c2C)c1. The molecule has 0 saturated carbocycles. The number of carbonyl (C=O) groups is 2. The molecule has 0 fully saturated rings. The van der Waals surface area contributed by atoms with Gasteiger partial charge in [-0.1, -0.05) is 10.5 Å². The fourth-order valence-electron chi connectivity index (χ4n) is 3.18. The predicted octanol–water partition coefficient (Wildman–Crippen LogP) is 2.91. The van der Waals surface area contributed by atoms with Crippen molar-refractivity contribution < 1.29 is 27.6 Å². The molecule has 1 aromatic carbocycles. The number of aromatic nitrogens is 1. The van der Waals surface area contributed by atoms with Crippen molar-refractivity contribution in [1.29, 1.82) is 0 Å². The standard InChI is InChI=1S/C20H26N2O6S/c1-13(2)22-14(3)10-18(15(22)4)19(23)12-28-20(24)16-8-7-9-17(11-16)29(25,26)21(5)27-6/h7-11,13H,12H2,1-6H3. The van der Waals surface area contributed by atoms with Crippen molar-refractivity contribution in [2.45, 2.75) is 38.6 Å². The number of nitrogens with zero attached hydrogens (tertiary/aromatic N) is 2. The van der Waals surface area contributed by atoms with E-state index in [0.717, 1.165) is 11.4 Å². The maximum atomic E-state index is 12.5. The third kappa shape index (κ3) is 4.75. The van der Waals surface area contributed by atoms with Crippen molar-refractivity contribution in [1.82, 2.24) is 9.04 Å².